The van der Waals surface area contributed by atoms with Gasteiger partial charge in [-0.3, -0.25) is 9.79 Å². The van der Waals surface area contributed by atoms with Gasteiger partial charge in [-0.05, 0) is 42.0 Å². The number of hydrogen-bond donors (Lipinski definition) is 2. The average molecular weight is 411 g/mol. The number of hydrogen-bond acceptors (Lipinski definition) is 4. The number of carbonyl (C=O) groups is 1. The summed E-state index contributed by atoms with van der Waals surface area (Å²) in [6.45, 7) is 0. The van der Waals surface area contributed by atoms with Crippen LogP contribution in [-0.2, 0) is 11.2 Å². The van der Waals surface area contributed by atoms with Gasteiger partial charge >= 0.3 is 0 Å². The molecule has 0 radical (unpaired) electrons. The number of pyridine rings is 1. The Hall–Kier alpha value is -2.89. The number of nitrogens with zero attached hydrogens (tertiary/aromatic N) is 2. The summed E-state index contributed by atoms with van der Waals surface area (Å²) in [4.78, 5) is 21.8. The molecule has 140 valence electrons. The van der Waals surface area contributed by atoms with Gasteiger partial charge in [0.1, 0.15) is 11.9 Å². The van der Waals surface area contributed by atoms with Crippen molar-refractivity contribution >= 4 is 46.3 Å². The lowest BCUT2D eigenvalue weighted by molar-refractivity contribution is -0.117. The fourth-order valence-electron chi connectivity index (χ4n) is 3.11. The molecule has 1 unspecified atom stereocenters. The van der Waals surface area contributed by atoms with Crippen LogP contribution in [0.2, 0.25) is 10.0 Å². The molecule has 0 saturated carbocycles. The third-order valence-electron chi connectivity index (χ3n) is 4.51. The van der Waals surface area contributed by atoms with Crippen LogP contribution in [0.1, 0.15) is 16.7 Å². The molecule has 28 heavy (non-hydrogen) atoms. The normalized spacial score (nSPS) is 16.0. The summed E-state index contributed by atoms with van der Waals surface area (Å²) in [7, 11) is 0. The van der Waals surface area contributed by atoms with Crippen LogP contribution in [0, 0.1) is 0 Å². The van der Waals surface area contributed by atoms with Crippen molar-refractivity contribution in [2.24, 2.45) is 4.99 Å². The summed E-state index contributed by atoms with van der Waals surface area (Å²) >= 11 is 12.5. The molecule has 5 nitrogen and oxygen atoms in total. The minimum atomic E-state index is -0.654. The highest BCUT2D eigenvalue weighted by atomic mass is 35.5. The molecule has 1 aliphatic heterocycles. The van der Waals surface area contributed by atoms with Crippen LogP contribution in [0.5, 0.6) is 0 Å². The van der Waals surface area contributed by atoms with Gasteiger partial charge in [0.2, 0.25) is 5.91 Å². The summed E-state index contributed by atoms with van der Waals surface area (Å²) in [5.74, 6) is 0.202. The van der Waals surface area contributed by atoms with Gasteiger partial charge in [0.05, 0.1) is 11.4 Å². The number of benzene rings is 2. The first-order valence-electron chi connectivity index (χ1n) is 8.65. The molecule has 3 N–H and O–H groups in total. The Bertz CT molecular complexity index is 1080. The van der Waals surface area contributed by atoms with Crippen molar-refractivity contribution in [1.82, 2.24) is 4.98 Å². The lowest BCUT2D eigenvalue weighted by Gasteiger charge is -2.12. The number of halogens is 2. The van der Waals surface area contributed by atoms with E-state index in [1.165, 1.54) is 0 Å². The number of nitrogens with two attached hydrogens (primary N) is 1. The molecule has 0 bridgehead atoms. The molecular weight excluding hydrogens is 395 g/mol. The van der Waals surface area contributed by atoms with Crippen LogP contribution >= 0.6 is 23.2 Å². The molecule has 0 aliphatic carbocycles. The zero-order chi connectivity index (χ0) is 19.7. The lowest BCUT2D eigenvalue weighted by Crippen LogP contribution is -2.27. The lowest BCUT2D eigenvalue weighted by atomic mass is 10.0. The number of fused-ring (bicyclic) bond motifs is 1. The number of nitrogen functional groups attached to an aromatic ring is 1. The molecule has 2 heterocycles. The van der Waals surface area contributed by atoms with Crippen molar-refractivity contribution in [3.63, 3.8) is 0 Å². The van der Waals surface area contributed by atoms with E-state index in [2.05, 4.69) is 10.3 Å². The third kappa shape index (κ3) is 3.72. The van der Waals surface area contributed by atoms with Gasteiger partial charge in [-0.25, -0.2) is 4.98 Å². The molecular formula is C21H16Cl2N4O. The van der Waals surface area contributed by atoms with Gasteiger partial charge in [-0.15, -0.1) is 0 Å². The minimum Gasteiger partial charge on any atom is -0.384 e. The Labute approximate surface area is 172 Å². The third-order valence-corrected chi connectivity index (χ3v) is 5.12. The van der Waals surface area contributed by atoms with Crippen molar-refractivity contribution in [3.8, 4) is 0 Å². The van der Waals surface area contributed by atoms with E-state index in [0.29, 0.717) is 33.7 Å². The summed E-state index contributed by atoms with van der Waals surface area (Å²) in [6.07, 6.45) is 2.01. The molecule has 4 rings (SSSR count). The maximum Gasteiger partial charge on any atom is 0.249 e. The quantitative estimate of drug-likeness (QED) is 0.672. The first kappa shape index (κ1) is 18.5. The van der Waals surface area contributed by atoms with Crippen LogP contribution in [0.25, 0.3) is 0 Å². The number of aromatic nitrogens is 1. The molecule has 1 aromatic heterocycles. The Balaban J connectivity index is 1.84. The summed E-state index contributed by atoms with van der Waals surface area (Å²) < 4.78 is 0. The molecule has 7 heteroatoms. The second-order valence-electron chi connectivity index (χ2n) is 6.44. The monoisotopic (exact) mass is 410 g/mol. The van der Waals surface area contributed by atoms with E-state index in [0.717, 1.165) is 16.7 Å². The second kappa shape index (κ2) is 7.62. The Morgan fingerprint density at radius 1 is 1.07 bits per heavy atom. The predicted octanol–water partition coefficient (Wildman–Crippen LogP) is 4.37. The zero-order valence-electron chi connectivity index (χ0n) is 14.7. The molecule has 0 spiro atoms. The number of rotatable bonds is 3. The van der Waals surface area contributed by atoms with Gasteiger partial charge in [-0.2, -0.15) is 0 Å². The van der Waals surface area contributed by atoms with Crippen molar-refractivity contribution in [1.29, 1.82) is 0 Å². The van der Waals surface area contributed by atoms with Crippen molar-refractivity contribution in [2.45, 2.75) is 12.5 Å². The first-order chi connectivity index (χ1) is 13.5. The number of anilines is 2. The van der Waals surface area contributed by atoms with Crippen LogP contribution < -0.4 is 11.1 Å². The fourth-order valence-corrected chi connectivity index (χ4v) is 3.49. The Morgan fingerprint density at radius 3 is 2.64 bits per heavy atom. The van der Waals surface area contributed by atoms with Crippen LogP contribution in [0.15, 0.2) is 65.8 Å². The van der Waals surface area contributed by atoms with E-state index in [-0.39, 0.29) is 5.91 Å². The van der Waals surface area contributed by atoms with Crippen LogP contribution in [0.4, 0.5) is 11.5 Å². The zero-order valence-corrected chi connectivity index (χ0v) is 16.2. The van der Waals surface area contributed by atoms with Crippen LogP contribution in [-0.4, -0.2) is 22.6 Å². The topological polar surface area (TPSA) is 80.4 Å². The molecule has 3 aromatic rings. The maximum absolute atomic E-state index is 12.9. The molecule has 0 saturated heterocycles. The van der Waals surface area contributed by atoms with E-state index < -0.39 is 6.04 Å². The molecule has 1 aliphatic rings. The van der Waals surface area contributed by atoms with Gasteiger partial charge in [0, 0.05) is 33.8 Å². The van der Waals surface area contributed by atoms with Crippen molar-refractivity contribution in [2.75, 3.05) is 11.1 Å². The van der Waals surface area contributed by atoms with E-state index in [9.17, 15) is 4.79 Å². The number of nitrogens with one attached hydrogen (secondary N) is 1. The average Bonchev–Trinajstić information content (AvgIpc) is 2.81. The predicted molar refractivity (Wildman–Crippen MR) is 113 cm³/mol. The largest absolute Gasteiger partial charge is 0.384 e. The van der Waals surface area contributed by atoms with Gasteiger partial charge in [0.25, 0.3) is 0 Å². The number of benzodiazepines with no additional fused rings is 1. The molecule has 0 fully saturated rings. The molecule has 1 amide bonds. The minimum absolute atomic E-state index is 0.207. The highest BCUT2D eigenvalue weighted by Gasteiger charge is 2.27. The highest BCUT2D eigenvalue weighted by molar-refractivity contribution is 6.32. The van der Waals surface area contributed by atoms with E-state index >= 15 is 0 Å². The summed E-state index contributed by atoms with van der Waals surface area (Å²) in [5.41, 5.74) is 9.32. The van der Waals surface area contributed by atoms with Gasteiger partial charge in [0.15, 0.2) is 0 Å². The number of carbonyl (C=O) groups excluding carboxylic acids is 1. The highest BCUT2D eigenvalue weighted by Crippen LogP contribution is 2.28. The first-order valence-corrected chi connectivity index (χ1v) is 9.41. The Kier molecular flexibility index (Phi) is 5.03. The smallest absolute Gasteiger partial charge is 0.249 e. The number of aliphatic imine (C=N–C) groups is 1. The van der Waals surface area contributed by atoms with Crippen molar-refractivity contribution < 1.29 is 4.79 Å². The van der Waals surface area contributed by atoms with Crippen molar-refractivity contribution in [3.05, 3.63) is 87.5 Å². The van der Waals surface area contributed by atoms with Crippen LogP contribution in [0.3, 0.4) is 0 Å². The standard InChI is InChI=1S/C21H16Cl2N4O/c22-14-6-7-17-15(10-14)20(13-5-8-19(24)25-11-13)26-18(21(28)27-17)9-12-3-1-2-4-16(12)23/h1-8,10-11,18H,9H2,(H2,24,25)(H,27,28). The van der Waals surface area contributed by atoms with Gasteiger partial charge in [-0.1, -0.05) is 41.4 Å². The second-order valence-corrected chi connectivity index (χ2v) is 7.28. The number of amides is 1. The van der Waals surface area contributed by atoms with E-state index in [1.54, 1.807) is 36.5 Å². The van der Waals surface area contributed by atoms with E-state index in [1.807, 2.05) is 24.3 Å². The summed E-state index contributed by atoms with van der Waals surface area (Å²) in [6, 6.07) is 15.6. The van der Waals surface area contributed by atoms with Gasteiger partial charge < -0.3 is 11.1 Å². The molecule has 1 atom stereocenters. The SMILES string of the molecule is Nc1ccc(C2=NC(Cc3ccccc3Cl)C(=O)Nc3ccc(Cl)cc32)cn1. The maximum atomic E-state index is 12.9. The Morgan fingerprint density at radius 2 is 1.89 bits per heavy atom. The molecule has 2 aromatic carbocycles. The van der Waals surface area contributed by atoms with E-state index in [4.69, 9.17) is 33.9 Å². The fraction of sp³-hybridized carbons (Fsp3) is 0.0952. The summed E-state index contributed by atoms with van der Waals surface area (Å²) in [5, 5.41) is 4.10.